The van der Waals surface area contributed by atoms with Gasteiger partial charge in [0.25, 0.3) is 0 Å². The van der Waals surface area contributed by atoms with Crippen molar-refractivity contribution >= 4 is 18.3 Å². The van der Waals surface area contributed by atoms with Gasteiger partial charge in [0.2, 0.25) is 5.91 Å². The summed E-state index contributed by atoms with van der Waals surface area (Å²) in [5, 5.41) is 2.78. The minimum atomic E-state index is 0. The minimum Gasteiger partial charge on any atom is -0.490 e. The van der Waals surface area contributed by atoms with Gasteiger partial charge in [-0.05, 0) is 49.8 Å². The molecule has 118 valence electrons. The van der Waals surface area contributed by atoms with Crippen molar-refractivity contribution in [1.82, 2.24) is 5.32 Å². The lowest BCUT2D eigenvalue weighted by molar-refractivity contribution is -0.120. The highest BCUT2D eigenvalue weighted by Crippen LogP contribution is 2.24. The lowest BCUT2D eigenvalue weighted by atomic mass is 10.1. The molecule has 0 aromatic heterocycles. The number of hydrogen-bond acceptors (Lipinski definition) is 3. The Labute approximate surface area is 132 Å². The molecule has 0 spiro atoms. The van der Waals surface area contributed by atoms with Crippen LogP contribution >= 0.6 is 12.4 Å². The molecule has 1 aromatic rings. The Bertz CT molecular complexity index is 434. The van der Waals surface area contributed by atoms with Gasteiger partial charge in [-0.1, -0.05) is 12.1 Å². The minimum absolute atomic E-state index is 0. The lowest BCUT2D eigenvalue weighted by Gasteiger charge is -2.13. The highest BCUT2D eigenvalue weighted by molar-refractivity contribution is 5.85. The van der Waals surface area contributed by atoms with E-state index >= 15 is 0 Å². The zero-order valence-corrected chi connectivity index (χ0v) is 13.2. The summed E-state index contributed by atoms with van der Waals surface area (Å²) in [5.74, 6) is 0.981. The third kappa shape index (κ3) is 6.36. The summed E-state index contributed by atoms with van der Waals surface area (Å²) < 4.78 is 5.97. The van der Waals surface area contributed by atoms with Crippen molar-refractivity contribution in [3.8, 4) is 5.75 Å². The van der Waals surface area contributed by atoms with E-state index < -0.39 is 0 Å². The summed E-state index contributed by atoms with van der Waals surface area (Å²) in [6, 6.07) is 8.08. The topological polar surface area (TPSA) is 64.3 Å². The number of benzene rings is 1. The molecular formula is C16H25ClN2O2. The predicted octanol–water partition coefficient (Wildman–Crippen LogP) is 2.44. The largest absolute Gasteiger partial charge is 0.490 e. The van der Waals surface area contributed by atoms with Crippen LogP contribution in [0.5, 0.6) is 5.75 Å². The van der Waals surface area contributed by atoms with Gasteiger partial charge in [-0.25, -0.2) is 0 Å². The number of amides is 1. The average molecular weight is 313 g/mol. The van der Waals surface area contributed by atoms with Gasteiger partial charge in [0, 0.05) is 19.5 Å². The molecule has 0 bridgehead atoms. The van der Waals surface area contributed by atoms with E-state index in [2.05, 4.69) is 11.4 Å². The highest BCUT2D eigenvalue weighted by atomic mass is 35.5. The van der Waals surface area contributed by atoms with Crippen molar-refractivity contribution in [2.24, 2.45) is 5.73 Å². The fourth-order valence-corrected chi connectivity index (χ4v) is 2.53. The molecule has 0 radical (unpaired) electrons. The molecule has 0 atom stereocenters. The van der Waals surface area contributed by atoms with Crippen molar-refractivity contribution in [2.75, 3.05) is 13.1 Å². The summed E-state index contributed by atoms with van der Waals surface area (Å²) in [7, 11) is 0. The number of ether oxygens (including phenoxy) is 1. The van der Waals surface area contributed by atoms with Gasteiger partial charge in [0.05, 0.1) is 6.10 Å². The molecule has 1 saturated carbocycles. The Kier molecular flexibility index (Phi) is 8.16. The molecule has 1 aliphatic rings. The first-order valence-electron chi connectivity index (χ1n) is 7.50. The zero-order valence-electron chi connectivity index (χ0n) is 12.3. The summed E-state index contributed by atoms with van der Waals surface area (Å²) in [6.07, 6.45) is 6.46. The molecule has 0 aliphatic heterocycles. The van der Waals surface area contributed by atoms with Crippen LogP contribution in [0.3, 0.4) is 0 Å². The fraction of sp³-hybridized carbons (Fsp3) is 0.562. The SMILES string of the molecule is Cl.NCCNC(=O)CCc1cccc(OC2CCCC2)c1. The van der Waals surface area contributed by atoms with Gasteiger partial charge in [0.15, 0.2) is 0 Å². The quantitative estimate of drug-likeness (QED) is 0.813. The second-order valence-corrected chi connectivity index (χ2v) is 5.31. The van der Waals surface area contributed by atoms with Crippen molar-refractivity contribution in [3.05, 3.63) is 29.8 Å². The van der Waals surface area contributed by atoms with E-state index in [0.29, 0.717) is 25.6 Å². The van der Waals surface area contributed by atoms with Crippen LogP contribution in [0, 0.1) is 0 Å². The van der Waals surface area contributed by atoms with Crippen molar-refractivity contribution in [1.29, 1.82) is 0 Å². The predicted molar refractivity (Wildman–Crippen MR) is 87.0 cm³/mol. The number of nitrogens with two attached hydrogens (primary N) is 1. The Morgan fingerprint density at radius 2 is 2.10 bits per heavy atom. The Balaban J connectivity index is 0.00000220. The number of aryl methyl sites for hydroxylation is 1. The maximum absolute atomic E-state index is 11.5. The number of halogens is 1. The van der Waals surface area contributed by atoms with Crippen molar-refractivity contribution in [2.45, 2.75) is 44.6 Å². The molecule has 1 amide bonds. The summed E-state index contributed by atoms with van der Waals surface area (Å²) >= 11 is 0. The summed E-state index contributed by atoms with van der Waals surface area (Å²) in [4.78, 5) is 11.5. The fourth-order valence-electron chi connectivity index (χ4n) is 2.53. The number of nitrogens with one attached hydrogen (secondary N) is 1. The van der Waals surface area contributed by atoms with Gasteiger partial charge in [-0.15, -0.1) is 12.4 Å². The number of hydrogen-bond donors (Lipinski definition) is 2. The molecule has 0 saturated heterocycles. The maximum Gasteiger partial charge on any atom is 0.220 e. The van der Waals surface area contributed by atoms with Crippen LogP contribution in [0.1, 0.15) is 37.7 Å². The average Bonchev–Trinajstić information content (AvgIpc) is 2.96. The Hall–Kier alpha value is -1.26. The molecule has 2 rings (SSSR count). The first-order valence-corrected chi connectivity index (χ1v) is 7.50. The van der Waals surface area contributed by atoms with Gasteiger partial charge in [0.1, 0.15) is 5.75 Å². The standard InChI is InChI=1S/C16H24N2O2.ClH/c17-10-11-18-16(19)9-8-13-4-3-7-15(12-13)20-14-5-1-2-6-14;/h3-4,7,12,14H,1-2,5-6,8-11,17H2,(H,18,19);1H. The smallest absolute Gasteiger partial charge is 0.220 e. The molecule has 1 aromatic carbocycles. The summed E-state index contributed by atoms with van der Waals surface area (Å²) in [5.41, 5.74) is 6.49. The van der Waals surface area contributed by atoms with E-state index in [9.17, 15) is 4.79 Å². The van der Waals surface area contributed by atoms with Crippen LogP contribution in [-0.4, -0.2) is 25.1 Å². The molecule has 1 aliphatic carbocycles. The molecule has 4 nitrogen and oxygen atoms in total. The molecule has 3 N–H and O–H groups in total. The zero-order chi connectivity index (χ0) is 14.2. The van der Waals surface area contributed by atoms with Gasteiger partial charge in [-0.2, -0.15) is 0 Å². The van der Waals surface area contributed by atoms with Gasteiger partial charge < -0.3 is 15.8 Å². The molecule has 5 heteroatoms. The molecule has 1 fully saturated rings. The van der Waals surface area contributed by atoms with Crippen LogP contribution in [-0.2, 0) is 11.2 Å². The second-order valence-electron chi connectivity index (χ2n) is 5.31. The van der Waals surface area contributed by atoms with Crippen molar-refractivity contribution in [3.63, 3.8) is 0 Å². The van der Waals surface area contributed by atoms with E-state index in [1.165, 1.54) is 12.8 Å². The van der Waals surface area contributed by atoms with E-state index in [0.717, 1.165) is 30.6 Å². The third-order valence-corrected chi connectivity index (χ3v) is 3.61. The van der Waals surface area contributed by atoms with Crippen LogP contribution in [0.15, 0.2) is 24.3 Å². The highest BCUT2D eigenvalue weighted by Gasteiger charge is 2.16. The number of rotatable bonds is 7. The first kappa shape index (κ1) is 17.8. The summed E-state index contributed by atoms with van der Waals surface area (Å²) in [6.45, 7) is 1.03. The van der Waals surface area contributed by atoms with E-state index in [4.69, 9.17) is 10.5 Å². The van der Waals surface area contributed by atoms with Gasteiger partial charge >= 0.3 is 0 Å². The molecule has 0 unspecified atom stereocenters. The Morgan fingerprint density at radius 3 is 2.81 bits per heavy atom. The molecular weight excluding hydrogens is 288 g/mol. The van der Waals surface area contributed by atoms with Crippen molar-refractivity contribution < 1.29 is 9.53 Å². The van der Waals surface area contributed by atoms with Crippen LogP contribution in [0.4, 0.5) is 0 Å². The van der Waals surface area contributed by atoms with E-state index in [1.54, 1.807) is 0 Å². The lowest BCUT2D eigenvalue weighted by Crippen LogP contribution is -2.29. The number of carbonyl (C=O) groups is 1. The molecule has 21 heavy (non-hydrogen) atoms. The number of carbonyl (C=O) groups excluding carboxylic acids is 1. The van der Waals surface area contributed by atoms with Crippen LogP contribution in [0.2, 0.25) is 0 Å². The van der Waals surface area contributed by atoms with E-state index in [1.807, 2.05) is 18.2 Å². The maximum atomic E-state index is 11.5. The Morgan fingerprint density at radius 1 is 1.33 bits per heavy atom. The second kappa shape index (κ2) is 9.64. The van der Waals surface area contributed by atoms with E-state index in [-0.39, 0.29) is 18.3 Å². The van der Waals surface area contributed by atoms with Crippen LogP contribution < -0.4 is 15.8 Å². The first-order chi connectivity index (χ1) is 9.78. The third-order valence-electron chi connectivity index (χ3n) is 3.61. The van der Waals surface area contributed by atoms with Gasteiger partial charge in [-0.3, -0.25) is 4.79 Å². The van der Waals surface area contributed by atoms with Crippen LogP contribution in [0.25, 0.3) is 0 Å². The monoisotopic (exact) mass is 312 g/mol. The normalized spacial score (nSPS) is 14.5. The molecule has 0 heterocycles.